The standard InChI is InChI=1S/C12H17ClN2O2/c13-11-10-2-1-9(16)7-15(10)12(14-11)8-3-5-17-6-4-8/h8-9,16H,1-7H2. The number of rotatable bonds is 1. The number of aliphatic hydroxyl groups excluding tert-OH is 1. The molecule has 2 aliphatic heterocycles. The number of nitrogens with zero attached hydrogens (tertiary/aromatic N) is 2. The minimum atomic E-state index is -0.258. The number of fused-ring (bicyclic) bond motifs is 1. The van der Waals surface area contributed by atoms with Crippen molar-refractivity contribution in [3.8, 4) is 0 Å². The summed E-state index contributed by atoms with van der Waals surface area (Å²) in [6, 6.07) is 0. The summed E-state index contributed by atoms with van der Waals surface area (Å²) in [6.07, 6.45) is 3.37. The molecule has 0 spiro atoms. The van der Waals surface area contributed by atoms with Crippen molar-refractivity contribution in [2.45, 2.75) is 44.2 Å². The minimum absolute atomic E-state index is 0.258. The van der Waals surface area contributed by atoms with E-state index in [2.05, 4.69) is 9.55 Å². The zero-order valence-corrected chi connectivity index (χ0v) is 10.5. The highest BCUT2D eigenvalue weighted by Gasteiger charge is 2.28. The third kappa shape index (κ3) is 2.09. The smallest absolute Gasteiger partial charge is 0.150 e. The third-order valence-corrected chi connectivity index (χ3v) is 4.05. The van der Waals surface area contributed by atoms with Crippen molar-refractivity contribution in [2.75, 3.05) is 13.2 Å². The van der Waals surface area contributed by atoms with Gasteiger partial charge in [-0.05, 0) is 25.7 Å². The van der Waals surface area contributed by atoms with Crippen molar-refractivity contribution in [1.82, 2.24) is 9.55 Å². The molecule has 0 aliphatic carbocycles. The lowest BCUT2D eigenvalue weighted by Gasteiger charge is -2.26. The Bertz CT molecular complexity index is 413. The van der Waals surface area contributed by atoms with E-state index >= 15 is 0 Å². The van der Waals surface area contributed by atoms with Crippen LogP contribution in [-0.2, 0) is 17.7 Å². The quantitative estimate of drug-likeness (QED) is 0.833. The lowest BCUT2D eigenvalue weighted by molar-refractivity contribution is 0.0805. The van der Waals surface area contributed by atoms with Crippen LogP contribution >= 0.6 is 11.6 Å². The summed E-state index contributed by atoms with van der Waals surface area (Å²) in [6.45, 7) is 2.24. The number of aromatic nitrogens is 2. The summed E-state index contributed by atoms with van der Waals surface area (Å²) >= 11 is 6.18. The van der Waals surface area contributed by atoms with Crippen molar-refractivity contribution in [2.24, 2.45) is 0 Å². The molecule has 1 unspecified atom stereocenters. The van der Waals surface area contributed by atoms with Crippen molar-refractivity contribution in [3.63, 3.8) is 0 Å². The predicted molar refractivity (Wildman–Crippen MR) is 64.4 cm³/mol. The van der Waals surface area contributed by atoms with Gasteiger partial charge in [0.15, 0.2) is 5.15 Å². The van der Waals surface area contributed by atoms with Crippen LogP contribution in [0.1, 0.15) is 36.7 Å². The Morgan fingerprint density at radius 1 is 1.29 bits per heavy atom. The van der Waals surface area contributed by atoms with Crippen molar-refractivity contribution >= 4 is 11.6 Å². The first-order valence-corrected chi connectivity index (χ1v) is 6.64. The van der Waals surface area contributed by atoms with Gasteiger partial charge in [-0.1, -0.05) is 11.6 Å². The average Bonchev–Trinajstić information content (AvgIpc) is 2.67. The maximum atomic E-state index is 9.77. The largest absolute Gasteiger partial charge is 0.391 e. The highest BCUT2D eigenvalue weighted by molar-refractivity contribution is 6.30. The highest BCUT2D eigenvalue weighted by atomic mass is 35.5. The van der Waals surface area contributed by atoms with Crippen LogP contribution in [0.2, 0.25) is 5.15 Å². The fourth-order valence-corrected chi connectivity index (χ4v) is 3.07. The Morgan fingerprint density at radius 3 is 2.82 bits per heavy atom. The summed E-state index contributed by atoms with van der Waals surface area (Å²) in [5.41, 5.74) is 1.10. The number of halogens is 1. The van der Waals surface area contributed by atoms with Crippen LogP contribution in [-0.4, -0.2) is 34.0 Å². The van der Waals surface area contributed by atoms with Gasteiger partial charge in [-0.2, -0.15) is 0 Å². The molecule has 1 aromatic heterocycles. The molecule has 0 amide bonds. The van der Waals surface area contributed by atoms with E-state index in [0.717, 1.165) is 50.4 Å². The van der Waals surface area contributed by atoms with Gasteiger partial charge in [0.05, 0.1) is 18.3 Å². The number of aliphatic hydroxyl groups is 1. The van der Waals surface area contributed by atoms with Gasteiger partial charge in [-0.15, -0.1) is 0 Å². The van der Waals surface area contributed by atoms with Gasteiger partial charge in [0.2, 0.25) is 0 Å². The number of ether oxygens (including phenoxy) is 1. The Kier molecular flexibility index (Phi) is 3.11. The van der Waals surface area contributed by atoms with E-state index < -0.39 is 0 Å². The molecule has 0 bridgehead atoms. The molecule has 0 aromatic carbocycles. The zero-order valence-electron chi connectivity index (χ0n) is 9.73. The van der Waals surface area contributed by atoms with E-state index in [-0.39, 0.29) is 6.10 Å². The summed E-state index contributed by atoms with van der Waals surface area (Å²) in [5.74, 6) is 1.48. The average molecular weight is 257 g/mol. The van der Waals surface area contributed by atoms with Gasteiger partial charge in [-0.3, -0.25) is 0 Å². The van der Waals surface area contributed by atoms with Gasteiger partial charge in [0.1, 0.15) is 5.82 Å². The molecule has 1 saturated heterocycles. The number of imidazole rings is 1. The van der Waals surface area contributed by atoms with Crippen LogP contribution in [0.15, 0.2) is 0 Å². The second-order valence-corrected chi connectivity index (χ2v) is 5.26. The van der Waals surface area contributed by atoms with Crippen LogP contribution in [0.3, 0.4) is 0 Å². The lowest BCUT2D eigenvalue weighted by atomic mass is 9.98. The Labute approximate surface area is 106 Å². The molecule has 1 aromatic rings. The number of hydrogen-bond acceptors (Lipinski definition) is 3. The maximum Gasteiger partial charge on any atom is 0.150 e. The zero-order chi connectivity index (χ0) is 11.8. The maximum absolute atomic E-state index is 9.77. The third-order valence-electron chi connectivity index (χ3n) is 3.75. The van der Waals surface area contributed by atoms with E-state index in [4.69, 9.17) is 16.3 Å². The normalized spacial score (nSPS) is 25.9. The topological polar surface area (TPSA) is 47.3 Å². The Hall–Kier alpha value is -0.580. The van der Waals surface area contributed by atoms with Crippen molar-refractivity contribution in [1.29, 1.82) is 0 Å². The molecule has 17 heavy (non-hydrogen) atoms. The molecule has 1 N–H and O–H groups in total. The number of hydrogen-bond donors (Lipinski definition) is 1. The van der Waals surface area contributed by atoms with E-state index in [1.165, 1.54) is 0 Å². The second-order valence-electron chi connectivity index (χ2n) is 4.90. The lowest BCUT2D eigenvalue weighted by Crippen LogP contribution is -2.27. The summed E-state index contributed by atoms with van der Waals surface area (Å²) in [4.78, 5) is 4.51. The molecule has 1 fully saturated rings. The molecule has 4 nitrogen and oxygen atoms in total. The van der Waals surface area contributed by atoms with Crippen LogP contribution in [0.5, 0.6) is 0 Å². The molecule has 2 aliphatic rings. The van der Waals surface area contributed by atoms with Crippen LogP contribution in [0.4, 0.5) is 0 Å². The highest BCUT2D eigenvalue weighted by Crippen LogP contribution is 2.32. The molecular weight excluding hydrogens is 240 g/mol. The van der Waals surface area contributed by atoms with Crippen LogP contribution in [0.25, 0.3) is 0 Å². The second kappa shape index (κ2) is 4.59. The monoisotopic (exact) mass is 256 g/mol. The van der Waals surface area contributed by atoms with Gasteiger partial charge >= 0.3 is 0 Å². The SMILES string of the molecule is OC1CCc2c(Cl)nc(C3CCOCC3)n2C1. The first kappa shape index (κ1) is 11.5. The summed E-state index contributed by atoms with van der Waals surface area (Å²) < 4.78 is 7.51. The summed E-state index contributed by atoms with van der Waals surface area (Å²) in [5, 5.41) is 10.4. The molecule has 5 heteroatoms. The Balaban J connectivity index is 1.93. The van der Waals surface area contributed by atoms with Crippen molar-refractivity contribution < 1.29 is 9.84 Å². The van der Waals surface area contributed by atoms with Crippen LogP contribution < -0.4 is 0 Å². The molecule has 1 atom stereocenters. The predicted octanol–water partition coefficient (Wildman–Crippen LogP) is 1.74. The first-order chi connectivity index (χ1) is 8.25. The van der Waals surface area contributed by atoms with E-state index in [1.807, 2.05) is 0 Å². The molecule has 94 valence electrons. The fraction of sp³-hybridized carbons (Fsp3) is 0.750. The van der Waals surface area contributed by atoms with Gasteiger partial charge in [-0.25, -0.2) is 4.98 Å². The van der Waals surface area contributed by atoms with Gasteiger partial charge < -0.3 is 14.4 Å². The molecule has 0 radical (unpaired) electrons. The minimum Gasteiger partial charge on any atom is -0.391 e. The molecular formula is C12H17ClN2O2. The van der Waals surface area contributed by atoms with E-state index in [1.54, 1.807) is 0 Å². The molecule has 0 saturated carbocycles. The van der Waals surface area contributed by atoms with Gasteiger partial charge in [0, 0.05) is 19.1 Å². The first-order valence-electron chi connectivity index (χ1n) is 6.26. The summed E-state index contributed by atoms with van der Waals surface area (Å²) in [7, 11) is 0. The fourth-order valence-electron chi connectivity index (χ4n) is 2.79. The van der Waals surface area contributed by atoms with E-state index in [9.17, 15) is 5.11 Å². The molecule has 3 heterocycles. The van der Waals surface area contributed by atoms with Crippen LogP contribution in [0, 0.1) is 0 Å². The Morgan fingerprint density at radius 2 is 2.06 bits per heavy atom. The van der Waals surface area contributed by atoms with Crippen molar-refractivity contribution in [3.05, 3.63) is 16.7 Å². The molecule has 3 rings (SSSR count). The van der Waals surface area contributed by atoms with Gasteiger partial charge in [0.25, 0.3) is 0 Å². The van der Waals surface area contributed by atoms with E-state index in [0.29, 0.717) is 17.6 Å².